The Morgan fingerprint density at radius 3 is 3.00 bits per heavy atom. The van der Waals surface area contributed by atoms with Gasteiger partial charge >= 0.3 is 0 Å². The summed E-state index contributed by atoms with van der Waals surface area (Å²) in [7, 11) is -1.05. The fourth-order valence-electron chi connectivity index (χ4n) is 2.03. The van der Waals surface area contributed by atoms with Gasteiger partial charge in [-0.1, -0.05) is 0 Å². The van der Waals surface area contributed by atoms with Gasteiger partial charge in [-0.05, 0) is 31.4 Å². The molecular formula is C14H20N2O3S2. The van der Waals surface area contributed by atoms with Crippen LogP contribution in [-0.4, -0.2) is 45.6 Å². The number of pyridine rings is 1. The van der Waals surface area contributed by atoms with Gasteiger partial charge in [0.1, 0.15) is 5.82 Å². The number of carbonyl (C=O) groups is 1. The molecule has 0 radical (unpaired) electrons. The summed E-state index contributed by atoms with van der Waals surface area (Å²) in [5, 5.41) is 2.74. The normalized spacial score (nSPS) is 20.0. The predicted molar refractivity (Wildman–Crippen MR) is 86.1 cm³/mol. The SMILES string of the molecule is CS(=O)c1ccc(NC(=O)CSCC2CCCCO2)nc1. The molecule has 5 nitrogen and oxygen atoms in total. The second-order valence-electron chi connectivity index (χ2n) is 4.89. The first-order valence-corrected chi connectivity index (χ1v) is 9.65. The van der Waals surface area contributed by atoms with Crippen LogP contribution in [0.2, 0.25) is 0 Å². The molecule has 21 heavy (non-hydrogen) atoms. The lowest BCUT2D eigenvalue weighted by molar-refractivity contribution is -0.113. The van der Waals surface area contributed by atoms with Gasteiger partial charge in [-0.15, -0.1) is 11.8 Å². The largest absolute Gasteiger partial charge is 0.377 e. The Morgan fingerprint density at radius 1 is 1.52 bits per heavy atom. The molecule has 0 spiro atoms. The van der Waals surface area contributed by atoms with E-state index in [1.807, 2.05) is 0 Å². The van der Waals surface area contributed by atoms with Crippen LogP contribution in [0.4, 0.5) is 5.82 Å². The van der Waals surface area contributed by atoms with E-state index in [0.717, 1.165) is 25.2 Å². The van der Waals surface area contributed by atoms with Gasteiger partial charge in [0, 0.05) is 24.8 Å². The molecule has 0 saturated carbocycles. The first kappa shape index (κ1) is 16.5. The van der Waals surface area contributed by atoms with Crippen molar-refractivity contribution < 1.29 is 13.7 Å². The van der Waals surface area contributed by atoms with Crippen molar-refractivity contribution in [1.29, 1.82) is 0 Å². The molecule has 7 heteroatoms. The van der Waals surface area contributed by atoms with Crippen molar-refractivity contribution in [3.8, 4) is 0 Å². The summed E-state index contributed by atoms with van der Waals surface area (Å²) in [6.07, 6.45) is 6.85. The minimum Gasteiger partial charge on any atom is -0.377 e. The summed E-state index contributed by atoms with van der Waals surface area (Å²) in [4.78, 5) is 16.5. The van der Waals surface area contributed by atoms with Crippen molar-refractivity contribution in [2.24, 2.45) is 0 Å². The van der Waals surface area contributed by atoms with Gasteiger partial charge in [-0.3, -0.25) is 9.00 Å². The Kier molecular flexibility index (Phi) is 6.66. The predicted octanol–water partition coefficient (Wildman–Crippen LogP) is 2.06. The topological polar surface area (TPSA) is 68.3 Å². The molecule has 2 heterocycles. The minimum atomic E-state index is -1.05. The average Bonchev–Trinajstić information content (AvgIpc) is 2.49. The van der Waals surface area contributed by atoms with E-state index in [0.29, 0.717) is 16.5 Å². The monoisotopic (exact) mass is 328 g/mol. The van der Waals surface area contributed by atoms with Crippen molar-refractivity contribution in [2.45, 2.75) is 30.3 Å². The zero-order valence-corrected chi connectivity index (χ0v) is 13.7. The number of nitrogens with one attached hydrogen (secondary N) is 1. The number of hydrogen-bond acceptors (Lipinski definition) is 5. The maximum atomic E-state index is 11.8. The van der Waals surface area contributed by atoms with Crippen LogP contribution in [0.5, 0.6) is 0 Å². The number of nitrogens with zero attached hydrogens (tertiary/aromatic N) is 1. The molecule has 0 aliphatic carbocycles. The third-order valence-corrected chi connectivity index (χ3v) is 5.13. The van der Waals surface area contributed by atoms with E-state index in [-0.39, 0.29) is 12.0 Å². The van der Waals surface area contributed by atoms with Crippen LogP contribution in [-0.2, 0) is 20.3 Å². The number of aromatic nitrogens is 1. The molecule has 0 aromatic carbocycles. The molecule has 1 aromatic heterocycles. The molecule has 1 N–H and O–H groups in total. The second kappa shape index (κ2) is 8.51. The molecule has 1 aliphatic heterocycles. The fourth-order valence-corrected chi connectivity index (χ4v) is 3.39. The quantitative estimate of drug-likeness (QED) is 0.866. The Labute approximate surface area is 131 Å². The van der Waals surface area contributed by atoms with Crippen molar-refractivity contribution >= 4 is 34.3 Å². The summed E-state index contributed by atoms with van der Waals surface area (Å²) < 4.78 is 16.9. The highest BCUT2D eigenvalue weighted by atomic mass is 32.2. The van der Waals surface area contributed by atoms with E-state index < -0.39 is 10.8 Å². The molecule has 1 aromatic rings. The van der Waals surface area contributed by atoms with E-state index in [9.17, 15) is 9.00 Å². The number of anilines is 1. The van der Waals surface area contributed by atoms with Gasteiger partial charge in [0.25, 0.3) is 0 Å². The van der Waals surface area contributed by atoms with Gasteiger partial charge in [-0.25, -0.2) is 4.98 Å². The molecule has 2 rings (SSSR count). The number of amides is 1. The average molecular weight is 328 g/mol. The van der Waals surface area contributed by atoms with E-state index in [4.69, 9.17) is 4.74 Å². The Morgan fingerprint density at radius 2 is 2.38 bits per heavy atom. The number of carbonyl (C=O) groups excluding carboxylic acids is 1. The minimum absolute atomic E-state index is 0.0753. The van der Waals surface area contributed by atoms with Crippen LogP contribution in [0.1, 0.15) is 19.3 Å². The van der Waals surface area contributed by atoms with Crippen molar-refractivity contribution in [3.63, 3.8) is 0 Å². The molecule has 2 atom stereocenters. The van der Waals surface area contributed by atoms with Crippen LogP contribution >= 0.6 is 11.8 Å². The van der Waals surface area contributed by atoms with Crippen LogP contribution in [0.3, 0.4) is 0 Å². The molecular weight excluding hydrogens is 308 g/mol. The van der Waals surface area contributed by atoms with Crippen molar-refractivity contribution in [1.82, 2.24) is 4.98 Å². The summed E-state index contributed by atoms with van der Waals surface area (Å²) in [5.41, 5.74) is 0. The first-order valence-electron chi connectivity index (χ1n) is 6.94. The van der Waals surface area contributed by atoms with Gasteiger partial charge in [-0.2, -0.15) is 0 Å². The van der Waals surface area contributed by atoms with Gasteiger partial charge in [0.15, 0.2) is 0 Å². The number of rotatable bonds is 6. The zero-order chi connectivity index (χ0) is 15.1. The lowest BCUT2D eigenvalue weighted by Gasteiger charge is -2.21. The second-order valence-corrected chi connectivity index (χ2v) is 7.30. The summed E-state index contributed by atoms with van der Waals surface area (Å²) in [6, 6.07) is 3.38. The summed E-state index contributed by atoms with van der Waals surface area (Å²) in [5.74, 6) is 1.66. The van der Waals surface area contributed by atoms with Gasteiger partial charge in [0.05, 0.1) is 27.6 Å². The highest BCUT2D eigenvalue weighted by Crippen LogP contribution is 2.17. The van der Waals surface area contributed by atoms with E-state index in [1.165, 1.54) is 12.6 Å². The molecule has 1 saturated heterocycles. The standard InChI is InChI=1S/C14H20N2O3S2/c1-21(18)12-5-6-13(15-8-12)16-14(17)10-20-9-11-4-2-3-7-19-11/h5-6,8,11H,2-4,7,9-10H2,1H3,(H,15,16,17). The number of hydrogen-bond donors (Lipinski definition) is 1. The summed E-state index contributed by atoms with van der Waals surface area (Å²) >= 11 is 1.58. The van der Waals surface area contributed by atoms with Crippen molar-refractivity contribution in [3.05, 3.63) is 18.3 Å². The van der Waals surface area contributed by atoms with Gasteiger partial charge < -0.3 is 10.1 Å². The highest BCUT2D eigenvalue weighted by molar-refractivity contribution is 8.00. The molecule has 1 aliphatic rings. The third kappa shape index (κ3) is 5.76. The third-order valence-electron chi connectivity index (χ3n) is 3.15. The maximum absolute atomic E-state index is 11.8. The lowest BCUT2D eigenvalue weighted by Crippen LogP contribution is -2.23. The Hall–Kier alpha value is -0.920. The fraction of sp³-hybridized carbons (Fsp3) is 0.571. The zero-order valence-electron chi connectivity index (χ0n) is 12.0. The number of ether oxygens (including phenoxy) is 1. The van der Waals surface area contributed by atoms with Crippen LogP contribution in [0.15, 0.2) is 23.2 Å². The van der Waals surface area contributed by atoms with E-state index in [2.05, 4.69) is 10.3 Å². The van der Waals surface area contributed by atoms with Crippen LogP contribution < -0.4 is 5.32 Å². The first-order chi connectivity index (χ1) is 10.1. The molecule has 1 fully saturated rings. The van der Waals surface area contributed by atoms with E-state index in [1.54, 1.807) is 30.2 Å². The molecule has 2 unspecified atom stereocenters. The number of thioether (sulfide) groups is 1. The Bertz CT molecular complexity index is 487. The van der Waals surface area contributed by atoms with Crippen molar-refractivity contribution in [2.75, 3.05) is 29.7 Å². The smallest absolute Gasteiger partial charge is 0.235 e. The van der Waals surface area contributed by atoms with Crippen LogP contribution in [0, 0.1) is 0 Å². The van der Waals surface area contributed by atoms with E-state index >= 15 is 0 Å². The molecule has 116 valence electrons. The molecule has 1 amide bonds. The van der Waals surface area contributed by atoms with Gasteiger partial charge in [0.2, 0.25) is 5.91 Å². The van der Waals surface area contributed by atoms with Crippen LogP contribution in [0.25, 0.3) is 0 Å². The lowest BCUT2D eigenvalue weighted by atomic mass is 10.1. The summed E-state index contributed by atoms with van der Waals surface area (Å²) in [6.45, 7) is 0.840. The highest BCUT2D eigenvalue weighted by Gasteiger charge is 2.14. The Balaban J connectivity index is 1.70. The maximum Gasteiger partial charge on any atom is 0.235 e. The molecule has 0 bridgehead atoms.